The van der Waals surface area contributed by atoms with Crippen molar-refractivity contribution in [1.29, 1.82) is 0 Å². The molecule has 0 saturated carbocycles. The maximum atomic E-state index is 11.5. The SMILES string of the molecule is O=C(CCCSc1ccccc1)NC1COC1. The van der Waals surface area contributed by atoms with E-state index in [4.69, 9.17) is 4.74 Å². The van der Waals surface area contributed by atoms with Gasteiger partial charge in [-0.15, -0.1) is 11.8 Å². The Labute approximate surface area is 106 Å². The molecule has 1 aliphatic rings. The maximum Gasteiger partial charge on any atom is 0.220 e. The smallest absolute Gasteiger partial charge is 0.220 e. The molecule has 92 valence electrons. The van der Waals surface area contributed by atoms with E-state index in [-0.39, 0.29) is 11.9 Å². The Bertz CT molecular complexity index is 352. The van der Waals surface area contributed by atoms with Crippen molar-refractivity contribution in [2.24, 2.45) is 0 Å². The highest BCUT2D eigenvalue weighted by atomic mass is 32.2. The van der Waals surface area contributed by atoms with Crippen molar-refractivity contribution in [2.45, 2.75) is 23.8 Å². The molecule has 0 radical (unpaired) electrons. The number of thioether (sulfide) groups is 1. The highest BCUT2D eigenvalue weighted by Gasteiger charge is 2.19. The van der Waals surface area contributed by atoms with Crippen LogP contribution in [0.15, 0.2) is 35.2 Å². The summed E-state index contributed by atoms with van der Waals surface area (Å²) < 4.78 is 5.00. The number of benzene rings is 1. The molecule has 1 fully saturated rings. The second kappa shape index (κ2) is 6.67. The highest BCUT2D eigenvalue weighted by molar-refractivity contribution is 7.99. The van der Waals surface area contributed by atoms with Gasteiger partial charge in [0, 0.05) is 11.3 Å². The largest absolute Gasteiger partial charge is 0.377 e. The van der Waals surface area contributed by atoms with Crippen LogP contribution in [0.25, 0.3) is 0 Å². The molecule has 2 rings (SSSR count). The first kappa shape index (κ1) is 12.5. The summed E-state index contributed by atoms with van der Waals surface area (Å²) in [6.07, 6.45) is 1.52. The highest BCUT2D eigenvalue weighted by Crippen LogP contribution is 2.18. The fourth-order valence-electron chi connectivity index (χ4n) is 1.56. The maximum absolute atomic E-state index is 11.5. The lowest BCUT2D eigenvalue weighted by Crippen LogP contribution is -2.48. The van der Waals surface area contributed by atoms with E-state index in [0.29, 0.717) is 19.6 Å². The zero-order valence-electron chi connectivity index (χ0n) is 9.72. The van der Waals surface area contributed by atoms with Crippen molar-refractivity contribution in [3.8, 4) is 0 Å². The van der Waals surface area contributed by atoms with E-state index >= 15 is 0 Å². The van der Waals surface area contributed by atoms with E-state index in [1.165, 1.54) is 4.90 Å². The molecule has 1 N–H and O–H groups in total. The topological polar surface area (TPSA) is 38.3 Å². The Morgan fingerprint density at radius 2 is 2.12 bits per heavy atom. The van der Waals surface area contributed by atoms with Crippen molar-refractivity contribution < 1.29 is 9.53 Å². The summed E-state index contributed by atoms with van der Waals surface area (Å²) in [6.45, 7) is 1.34. The number of ether oxygens (including phenoxy) is 1. The Balaban J connectivity index is 1.55. The number of amides is 1. The minimum atomic E-state index is 0.145. The van der Waals surface area contributed by atoms with Gasteiger partial charge >= 0.3 is 0 Å². The van der Waals surface area contributed by atoms with Crippen LogP contribution >= 0.6 is 11.8 Å². The number of nitrogens with one attached hydrogen (secondary N) is 1. The molecular formula is C13H17NO2S. The van der Waals surface area contributed by atoms with Gasteiger partial charge in [0.2, 0.25) is 5.91 Å². The van der Waals surface area contributed by atoms with E-state index in [1.54, 1.807) is 11.8 Å². The van der Waals surface area contributed by atoms with Gasteiger partial charge in [-0.05, 0) is 24.3 Å². The van der Waals surface area contributed by atoms with Gasteiger partial charge in [-0.1, -0.05) is 18.2 Å². The fourth-order valence-corrected chi connectivity index (χ4v) is 2.43. The number of carbonyl (C=O) groups is 1. The van der Waals surface area contributed by atoms with Crippen LogP contribution in [0.4, 0.5) is 0 Å². The minimum absolute atomic E-state index is 0.145. The normalized spacial score (nSPS) is 15.3. The molecular weight excluding hydrogens is 234 g/mol. The third-order valence-corrected chi connectivity index (χ3v) is 3.66. The zero-order chi connectivity index (χ0) is 11.9. The van der Waals surface area contributed by atoms with Crippen LogP contribution in [0.2, 0.25) is 0 Å². The van der Waals surface area contributed by atoms with Gasteiger partial charge < -0.3 is 10.1 Å². The summed E-state index contributed by atoms with van der Waals surface area (Å²) >= 11 is 1.80. The molecule has 1 aliphatic heterocycles. The van der Waals surface area contributed by atoms with Crippen LogP contribution in [0.5, 0.6) is 0 Å². The average Bonchev–Trinajstić information content (AvgIpc) is 2.31. The second-order valence-corrected chi connectivity index (χ2v) is 5.24. The molecule has 0 spiro atoms. The second-order valence-electron chi connectivity index (χ2n) is 4.07. The zero-order valence-corrected chi connectivity index (χ0v) is 10.5. The van der Waals surface area contributed by atoms with E-state index in [9.17, 15) is 4.79 Å². The van der Waals surface area contributed by atoms with E-state index in [1.807, 2.05) is 18.2 Å². The molecule has 0 aliphatic carbocycles. The Morgan fingerprint density at radius 1 is 1.35 bits per heavy atom. The van der Waals surface area contributed by atoms with E-state index < -0.39 is 0 Å². The Kier molecular flexibility index (Phi) is 4.88. The first-order chi connectivity index (χ1) is 8.34. The summed E-state index contributed by atoms with van der Waals surface area (Å²) in [4.78, 5) is 12.7. The number of rotatable bonds is 6. The molecule has 0 atom stereocenters. The molecule has 17 heavy (non-hydrogen) atoms. The summed E-state index contributed by atoms with van der Waals surface area (Å²) in [6, 6.07) is 10.5. The minimum Gasteiger partial charge on any atom is -0.377 e. The molecule has 1 aromatic rings. The van der Waals surface area contributed by atoms with Gasteiger partial charge in [0.25, 0.3) is 0 Å². The van der Waals surface area contributed by atoms with Gasteiger partial charge in [0.1, 0.15) is 0 Å². The van der Waals surface area contributed by atoms with Crippen LogP contribution in [0.1, 0.15) is 12.8 Å². The van der Waals surface area contributed by atoms with Crippen molar-refractivity contribution >= 4 is 17.7 Å². The molecule has 1 heterocycles. The molecule has 3 nitrogen and oxygen atoms in total. The lowest BCUT2D eigenvalue weighted by molar-refractivity contribution is -0.125. The van der Waals surface area contributed by atoms with Crippen molar-refractivity contribution in [1.82, 2.24) is 5.32 Å². The molecule has 4 heteroatoms. The van der Waals surface area contributed by atoms with E-state index in [2.05, 4.69) is 17.4 Å². The van der Waals surface area contributed by atoms with Crippen molar-refractivity contribution in [3.05, 3.63) is 30.3 Å². The van der Waals surface area contributed by atoms with Crippen LogP contribution in [0, 0.1) is 0 Å². The van der Waals surface area contributed by atoms with Gasteiger partial charge in [0.15, 0.2) is 0 Å². The van der Waals surface area contributed by atoms with Gasteiger partial charge in [-0.25, -0.2) is 0 Å². The molecule has 1 aromatic carbocycles. The monoisotopic (exact) mass is 251 g/mol. The van der Waals surface area contributed by atoms with Gasteiger partial charge in [0.05, 0.1) is 19.3 Å². The predicted octanol–water partition coefficient (Wildman–Crippen LogP) is 2.07. The molecule has 0 bridgehead atoms. The lowest BCUT2D eigenvalue weighted by Gasteiger charge is -2.26. The van der Waals surface area contributed by atoms with Crippen molar-refractivity contribution in [2.75, 3.05) is 19.0 Å². The van der Waals surface area contributed by atoms with Gasteiger partial charge in [-0.2, -0.15) is 0 Å². The molecule has 1 amide bonds. The van der Waals surface area contributed by atoms with Crippen molar-refractivity contribution in [3.63, 3.8) is 0 Å². The number of hydrogen-bond acceptors (Lipinski definition) is 3. The van der Waals surface area contributed by atoms with Gasteiger partial charge in [-0.3, -0.25) is 4.79 Å². The van der Waals surface area contributed by atoms with Crippen LogP contribution in [-0.2, 0) is 9.53 Å². The standard InChI is InChI=1S/C13H17NO2S/c15-13(14-11-9-16-10-11)7-4-8-17-12-5-2-1-3-6-12/h1-3,5-6,11H,4,7-10H2,(H,14,15). The Hall–Kier alpha value is -1.00. The lowest BCUT2D eigenvalue weighted by atomic mass is 10.2. The third-order valence-electron chi connectivity index (χ3n) is 2.56. The quantitative estimate of drug-likeness (QED) is 0.621. The Morgan fingerprint density at radius 3 is 2.76 bits per heavy atom. The van der Waals surface area contributed by atoms with E-state index in [0.717, 1.165) is 12.2 Å². The summed E-state index contributed by atoms with van der Waals surface area (Å²) in [7, 11) is 0. The van der Waals surface area contributed by atoms with Crippen LogP contribution in [0.3, 0.4) is 0 Å². The predicted molar refractivity (Wildman–Crippen MR) is 69.1 cm³/mol. The summed E-state index contributed by atoms with van der Waals surface area (Å²) in [5.74, 6) is 1.13. The van der Waals surface area contributed by atoms with Crippen LogP contribution < -0.4 is 5.32 Å². The molecule has 0 unspecified atom stereocenters. The third kappa shape index (κ3) is 4.40. The fraction of sp³-hybridized carbons (Fsp3) is 0.462. The first-order valence-corrected chi connectivity index (χ1v) is 6.88. The summed E-state index contributed by atoms with van der Waals surface area (Å²) in [5.41, 5.74) is 0. The van der Waals surface area contributed by atoms with Crippen LogP contribution in [-0.4, -0.2) is 30.9 Å². The molecule has 1 saturated heterocycles. The number of carbonyl (C=O) groups excluding carboxylic acids is 1. The summed E-state index contributed by atoms with van der Waals surface area (Å²) in [5, 5.41) is 2.94. The first-order valence-electron chi connectivity index (χ1n) is 5.89. The number of hydrogen-bond donors (Lipinski definition) is 1. The molecule has 0 aromatic heterocycles. The average molecular weight is 251 g/mol.